The normalized spacial score (nSPS) is 21.4. The van der Waals surface area contributed by atoms with Crippen LogP contribution in [0.5, 0.6) is 0 Å². The van der Waals surface area contributed by atoms with E-state index >= 15 is 0 Å². The van der Waals surface area contributed by atoms with E-state index in [0.29, 0.717) is 0 Å². The van der Waals surface area contributed by atoms with Gasteiger partial charge < -0.3 is 10.5 Å². The predicted molar refractivity (Wildman–Crippen MR) is 72.4 cm³/mol. The highest BCUT2D eigenvalue weighted by molar-refractivity contribution is 5.78. The number of rotatable bonds is 6. The summed E-state index contributed by atoms with van der Waals surface area (Å²) in [6.45, 7) is 10.1. The van der Waals surface area contributed by atoms with E-state index in [9.17, 15) is 0 Å². The standard InChI is InChI=1S/C13H25N3O/c1-11(12(2)14)8-15-6-5-7-16-9-13(3,10-16)17-4/h8H,5-7,9-10,14H2,1-4H3. The number of allylic oxidation sites excluding steroid dienone is 2. The number of methoxy groups -OCH3 is 1. The van der Waals surface area contributed by atoms with E-state index in [1.54, 1.807) is 7.11 Å². The van der Waals surface area contributed by atoms with E-state index in [4.69, 9.17) is 10.5 Å². The van der Waals surface area contributed by atoms with Gasteiger partial charge in [-0.15, -0.1) is 0 Å². The molecule has 0 aliphatic carbocycles. The molecule has 0 amide bonds. The molecule has 1 heterocycles. The van der Waals surface area contributed by atoms with Gasteiger partial charge in [0.05, 0.1) is 5.60 Å². The topological polar surface area (TPSA) is 50.8 Å². The van der Waals surface area contributed by atoms with Crippen molar-refractivity contribution in [3.05, 3.63) is 11.3 Å². The van der Waals surface area contributed by atoms with Gasteiger partial charge in [-0.25, -0.2) is 0 Å². The van der Waals surface area contributed by atoms with Gasteiger partial charge in [0.2, 0.25) is 0 Å². The van der Waals surface area contributed by atoms with Crippen molar-refractivity contribution in [1.29, 1.82) is 0 Å². The van der Waals surface area contributed by atoms with Crippen LogP contribution in [0.2, 0.25) is 0 Å². The molecule has 1 fully saturated rings. The Hall–Kier alpha value is -0.870. The van der Waals surface area contributed by atoms with Crippen LogP contribution in [-0.2, 0) is 4.74 Å². The number of hydrogen-bond donors (Lipinski definition) is 1. The van der Waals surface area contributed by atoms with Gasteiger partial charge in [-0.2, -0.15) is 0 Å². The fraction of sp³-hybridized carbons (Fsp3) is 0.769. The van der Waals surface area contributed by atoms with Crippen LogP contribution in [-0.4, -0.2) is 50.0 Å². The Labute approximate surface area is 105 Å². The maximum atomic E-state index is 5.64. The number of likely N-dealkylation sites (tertiary alicyclic amines) is 1. The molecule has 0 aromatic rings. The zero-order chi connectivity index (χ0) is 12.9. The third-order valence-corrected chi connectivity index (χ3v) is 3.28. The van der Waals surface area contributed by atoms with Crippen molar-refractivity contribution >= 4 is 6.21 Å². The van der Waals surface area contributed by atoms with Gasteiger partial charge in [0.25, 0.3) is 0 Å². The molecule has 0 spiro atoms. The average Bonchev–Trinajstić information content (AvgIpc) is 2.25. The first-order chi connectivity index (χ1) is 7.97. The molecule has 1 aliphatic rings. The molecule has 98 valence electrons. The highest BCUT2D eigenvalue weighted by Crippen LogP contribution is 2.23. The van der Waals surface area contributed by atoms with Crippen LogP contribution in [0.4, 0.5) is 0 Å². The monoisotopic (exact) mass is 239 g/mol. The van der Waals surface area contributed by atoms with E-state index in [-0.39, 0.29) is 5.60 Å². The van der Waals surface area contributed by atoms with Crippen molar-refractivity contribution in [2.75, 3.05) is 33.3 Å². The number of aliphatic imine (C=N–C) groups is 1. The largest absolute Gasteiger partial charge is 0.402 e. The van der Waals surface area contributed by atoms with E-state index in [2.05, 4.69) is 16.8 Å². The Bertz CT molecular complexity index is 300. The van der Waals surface area contributed by atoms with Crippen LogP contribution in [0, 0.1) is 0 Å². The molecule has 0 radical (unpaired) electrons. The summed E-state index contributed by atoms with van der Waals surface area (Å²) >= 11 is 0. The molecular weight excluding hydrogens is 214 g/mol. The maximum Gasteiger partial charge on any atom is 0.0903 e. The fourth-order valence-electron chi connectivity index (χ4n) is 1.88. The van der Waals surface area contributed by atoms with Gasteiger partial charge in [-0.1, -0.05) is 0 Å². The molecule has 0 aromatic heterocycles. The Morgan fingerprint density at radius 1 is 1.47 bits per heavy atom. The van der Waals surface area contributed by atoms with Crippen LogP contribution < -0.4 is 5.73 Å². The minimum absolute atomic E-state index is 0.0826. The zero-order valence-corrected chi connectivity index (χ0v) is 11.5. The third-order valence-electron chi connectivity index (χ3n) is 3.28. The molecule has 4 nitrogen and oxygen atoms in total. The predicted octanol–water partition coefficient (Wildman–Crippen LogP) is 1.42. The van der Waals surface area contributed by atoms with Crippen molar-refractivity contribution < 1.29 is 4.74 Å². The maximum absolute atomic E-state index is 5.64. The lowest BCUT2D eigenvalue weighted by Crippen LogP contribution is -2.60. The molecule has 0 atom stereocenters. The summed E-state index contributed by atoms with van der Waals surface area (Å²) in [7, 11) is 1.78. The Balaban J connectivity index is 2.09. The Kier molecular flexibility index (Phi) is 5.15. The van der Waals surface area contributed by atoms with Gasteiger partial charge in [0.1, 0.15) is 0 Å². The molecule has 2 N–H and O–H groups in total. The summed E-state index contributed by atoms with van der Waals surface area (Å²) in [4.78, 5) is 6.76. The van der Waals surface area contributed by atoms with Crippen molar-refractivity contribution in [3.8, 4) is 0 Å². The second kappa shape index (κ2) is 6.17. The van der Waals surface area contributed by atoms with Gasteiger partial charge in [-0.3, -0.25) is 9.89 Å². The molecule has 17 heavy (non-hydrogen) atoms. The first-order valence-electron chi connectivity index (χ1n) is 6.17. The zero-order valence-electron chi connectivity index (χ0n) is 11.5. The highest BCUT2D eigenvalue weighted by atomic mass is 16.5. The summed E-state index contributed by atoms with van der Waals surface area (Å²) in [5.41, 5.74) is 7.62. The smallest absolute Gasteiger partial charge is 0.0903 e. The summed E-state index contributed by atoms with van der Waals surface area (Å²) in [5.74, 6) is 0. The fourth-order valence-corrected chi connectivity index (χ4v) is 1.88. The molecule has 0 saturated carbocycles. The number of nitrogens with zero attached hydrogens (tertiary/aromatic N) is 2. The lowest BCUT2D eigenvalue weighted by atomic mass is 9.96. The molecule has 1 rings (SSSR count). The highest BCUT2D eigenvalue weighted by Gasteiger charge is 2.37. The first-order valence-corrected chi connectivity index (χ1v) is 6.17. The summed E-state index contributed by atoms with van der Waals surface area (Å²) in [6.07, 6.45) is 2.96. The third kappa shape index (κ3) is 4.48. The van der Waals surface area contributed by atoms with Gasteiger partial charge >= 0.3 is 0 Å². The van der Waals surface area contributed by atoms with E-state index in [1.807, 2.05) is 20.1 Å². The summed E-state index contributed by atoms with van der Waals surface area (Å²) < 4.78 is 5.40. The molecule has 0 unspecified atom stereocenters. The number of ether oxygens (including phenoxy) is 1. The van der Waals surface area contributed by atoms with Crippen molar-refractivity contribution in [2.24, 2.45) is 10.7 Å². The second-order valence-corrected chi connectivity index (χ2v) is 5.12. The molecule has 0 bridgehead atoms. The van der Waals surface area contributed by atoms with E-state index < -0.39 is 0 Å². The lowest BCUT2D eigenvalue weighted by molar-refractivity contribution is -0.110. The minimum Gasteiger partial charge on any atom is -0.402 e. The van der Waals surface area contributed by atoms with Crippen molar-refractivity contribution in [3.63, 3.8) is 0 Å². The Morgan fingerprint density at radius 3 is 2.65 bits per heavy atom. The summed E-state index contributed by atoms with van der Waals surface area (Å²) in [5, 5.41) is 0. The van der Waals surface area contributed by atoms with Crippen molar-refractivity contribution in [2.45, 2.75) is 32.8 Å². The van der Waals surface area contributed by atoms with Gasteiger partial charge in [0.15, 0.2) is 0 Å². The van der Waals surface area contributed by atoms with E-state index in [1.165, 1.54) is 0 Å². The van der Waals surface area contributed by atoms with Crippen LogP contribution in [0.3, 0.4) is 0 Å². The number of hydrogen-bond acceptors (Lipinski definition) is 4. The van der Waals surface area contributed by atoms with E-state index in [0.717, 1.165) is 43.9 Å². The molecular formula is C13H25N3O. The molecule has 1 saturated heterocycles. The SMILES string of the molecule is COC1(C)CN(CCCN=CC(C)=C(C)N)C1. The van der Waals surface area contributed by atoms with Crippen LogP contribution in [0.1, 0.15) is 27.2 Å². The van der Waals surface area contributed by atoms with Crippen LogP contribution in [0.25, 0.3) is 0 Å². The van der Waals surface area contributed by atoms with Crippen LogP contribution >= 0.6 is 0 Å². The molecule has 0 aromatic carbocycles. The van der Waals surface area contributed by atoms with Crippen LogP contribution in [0.15, 0.2) is 16.3 Å². The molecule has 4 heteroatoms. The minimum atomic E-state index is 0.0826. The lowest BCUT2D eigenvalue weighted by Gasteiger charge is -2.46. The van der Waals surface area contributed by atoms with Gasteiger partial charge in [-0.05, 0) is 32.8 Å². The summed E-state index contributed by atoms with van der Waals surface area (Å²) in [6, 6.07) is 0. The average molecular weight is 239 g/mol. The second-order valence-electron chi connectivity index (χ2n) is 5.12. The molecule has 1 aliphatic heterocycles. The van der Waals surface area contributed by atoms with Gasteiger partial charge in [0, 0.05) is 45.2 Å². The first kappa shape index (κ1) is 14.2. The number of nitrogens with two attached hydrogens (primary N) is 1. The van der Waals surface area contributed by atoms with Crippen molar-refractivity contribution in [1.82, 2.24) is 4.90 Å². The Morgan fingerprint density at radius 2 is 2.12 bits per heavy atom. The quantitative estimate of drug-likeness (QED) is 0.563.